The molecule has 0 aliphatic rings. The SMILES string of the molecule is COc1ccccc1N=Nc1c(S(=O)(=O)O)cc2cc(S(=O)(=O)O)cc(O)c2c1O. The number of hydrogen-bond acceptors (Lipinski definition) is 9. The molecule has 0 saturated heterocycles. The lowest BCUT2D eigenvalue weighted by Gasteiger charge is -2.11. The van der Waals surface area contributed by atoms with Gasteiger partial charge >= 0.3 is 0 Å². The van der Waals surface area contributed by atoms with Crippen LogP contribution in [-0.4, -0.2) is 43.3 Å². The first kappa shape index (κ1) is 21.4. The van der Waals surface area contributed by atoms with Gasteiger partial charge in [0.05, 0.1) is 17.4 Å². The second-order valence-corrected chi connectivity index (χ2v) is 8.75. The fourth-order valence-corrected chi connectivity index (χ4v) is 3.89. The molecule has 0 atom stereocenters. The summed E-state index contributed by atoms with van der Waals surface area (Å²) in [6.07, 6.45) is 0. The van der Waals surface area contributed by atoms with Gasteiger partial charge in [0, 0.05) is 6.07 Å². The van der Waals surface area contributed by atoms with E-state index in [1.165, 1.54) is 13.2 Å². The summed E-state index contributed by atoms with van der Waals surface area (Å²) in [5.41, 5.74) is -0.530. The van der Waals surface area contributed by atoms with E-state index in [1.807, 2.05) is 0 Å². The Morgan fingerprint density at radius 2 is 1.57 bits per heavy atom. The van der Waals surface area contributed by atoms with Gasteiger partial charge in [-0.25, -0.2) is 0 Å². The van der Waals surface area contributed by atoms with Gasteiger partial charge < -0.3 is 14.9 Å². The maximum absolute atomic E-state index is 11.8. The molecule has 3 aromatic carbocycles. The third kappa shape index (κ3) is 4.04. The Hall–Kier alpha value is -3.26. The van der Waals surface area contributed by atoms with E-state index in [-0.39, 0.29) is 22.2 Å². The molecule has 0 aliphatic heterocycles. The fourth-order valence-electron chi connectivity index (χ4n) is 2.70. The average Bonchev–Trinajstić information content (AvgIpc) is 2.65. The Morgan fingerprint density at radius 1 is 0.900 bits per heavy atom. The molecule has 4 N–H and O–H groups in total. The third-order valence-electron chi connectivity index (χ3n) is 4.02. The molecular formula is C17H14N2O9S2. The van der Waals surface area contributed by atoms with Crippen molar-refractivity contribution in [1.29, 1.82) is 0 Å². The largest absolute Gasteiger partial charge is 0.507 e. The average molecular weight is 454 g/mol. The molecule has 0 aliphatic carbocycles. The molecule has 30 heavy (non-hydrogen) atoms. The number of phenolic OH excluding ortho intramolecular Hbond substituents is 2. The van der Waals surface area contributed by atoms with Gasteiger partial charge in [-0.15, -0.1) is 10.2 Å². The first-order valence-electron chi connectivity index (χ1n) is 7.96. The van der Waals surface area contributed by atoms with E-state index in [1.54, 1.807) is 18.2 Å². The minimum absolute atomic E-state index is 0.173. The molecule has 0 aromatic heterocycles. The Morgan fingerprint density at radius 3 is 2.17 bits per heavy atom. The highest BCUT2D eigenvalue weighted by Gasteiger charge is 2.25. The van der Waals surface area contributed by atoms with Crippen molar-refractivity contribution in [3.8, 4) is 17.2 Å². The lowest BCUT2D eigenvalue weighted by atomic mass is 10.1. The van der Waals surface area contributed by atoms with Crippen LogP contribution in [0.25, 0.3) is 10.8 Å². The van der Waals surface area contributed by atoms with Crippen molar-refractivity contribution in [2.24, 2.45) is 10.2 Å². The van der Waals surface area contributed by atoms with Crippen molar-refractivity contribution in [2.75, 3.05) is 7.11 Å². The van der Waals surface area contributed by atoms with E-state index in [2.05, 4.69) is 10.2 Å². The fraction of sp³-hybridized carbons (Fsp3) is 0.0588. The van der Waals surface area contributed by atoms with Crippen LogP contribution in [-0.2, 0) is 20.2 Å². The minimum Gasteiger partial charge on any atom is -0.507 e. The minimum atomic E-state index is -4.97. The summed E-state index contributed by atoms with van der Waals surface area (Å²) in [4.78, 5) is -1.66. The summed E-state index contributed by atoms with van der Waals surface area (Å²) in [5.74, 6) is -1.39. The van der Waals surface area contributed by atoms with E-state index >= 15 is 0 Å². The number of nitrogens with zero attached hydrogens (tertiary/aromatic N) is 2. The normalized spacial score (nSPS) is 12.5. The zero-order valence-corrected chi connectivity index (χ0v) is 16.7. The quantitative estimate of drug-likeness (QED) is 0.332. The number of fused-ring (bicyclic) bond motifs is 1. The predicted octanol–water partition coefficient (Wildman–Crippen LogP) is 3.17. The Bertz CT molecular complexity index is 1400. The summed E-state index contributed by atoms with van der Waals surface area (Å²) in [7, 11) is -8.35. The smallest absolute Gasteiger partial charge is 0.296 e. The molecule has 0 bridgehead atoms. The maximum Gasteiger partial charge on any atom is 0.296 e. The molecule has 158 valence electrons. The van der Waals surface area contributed by atoms with Crippen LogP contribution >= 0.6 is 0 Å². The number of benzene rings is 3. The van der Waals surface area contributed by atoms with E-state index < -0.39 is 47.2 Å². The molecule has 13 heteroatoms. The number of aromatic hydroxyl groups is 2. The van der Waals surface area contributed by atoms with Crippen LogP contribution in [0.4, 0.5) is 11.4 Å². The van der Waals surface area contributed by atoms with Gasteiger partial charge in [-0.2, -0.15) is 16.8 Å². The number of para-hydroxylation sites is 1. The van der Waals surface area contributed by atoms with Gasteiger partial charge in [0.15, 0.2) is 5.75 Å². The van der Waals surface area contributed by atoms with Crippen LogP contribution in [0.1, 0.15) is 0 Å². The lowest BCUT2D eigenvalue weighted by Crippen LogP contribution is -2.01. The first-order valence-corrected chi connectivity index (χ1v) is 10.8. The second-order valence-electron chi connectivity index (χ2n) is 5.93. The number of phenols is 2. The summed E-state index contributed by atoms with van der Waals surface area (Å²) in [6.45, 7) is 0. The molecule has 0 radical (unpaired) electrons. The van der Waals surface area contributed by atoms with Crippen LogP contribution in [0.2, 0.25) is 0 Å². The summed E-state index contributed by atoms with van der Waals surface area (Å²) >= 11 is 0. The second kappa shape index (κ2) is 7.53. The molecule has 0 unspecified atom stereocenters. The van der Waals surface area contributed by atoms with Gasteiger partial charge in [-0.05, 0) is 29.7 Å². The number of hydrogen-bond donors (Lipinski definition) is 4. The maximum atomic E-state index is 11.8. The van der Waals surface area contributed by atoms with Crippen LogP contribution in [0.3, 0.4) is 0 Å². The Kier molecular flexibility index (Phi) is 5.38. The molecule has 0 saturated carbocycles. The summed E-state index contributed by atoms with van der Waals surface area (Å²) < 4.78 is 70.2. The van der Waals surface area contributed by atoms with E-state index in [0.29, 0.717) is 6.07 Å². The number of ether oxygens (including phenoxy) is 1. The molecule has 0 spiro atoms. The van der Waals surface area contributed by atoms with Crippen molar-refractivity contribution in [2.45, 2.75) is 9.79 Å². The Labute approximate surface area is 170 Å². The van der Waals surface area contributed by atoms with E-state index in [4.69, 9.17) is 4.74 Å². The van der Waals surface area contributed by atoms with Crippen molar-refractivity contribution in [1.82, 2.24) is 0 Å². The van der Waals surface area contributed by atoms with E-state index in [0.717, 1.165) is 12.1 Å². The van der Waals surface area contributed by atoms with Crippen LogP contribution in [0.5, 0.6) is 17.2 Å². The Balaban J connectivity index is 2.34. The van der Waals surface area contributed by atoms with Gasteiger partial charge in [0.25, 0.3) is 20.2 Å². The van der Waals surface area contributed by atoms with Crippen molar-refractivity contribution in [3.63, 3.8) is 0 Å². The van der Waals surface area contributed by atoms with Crippen molar-refractivity contribution >= 4 is 42.4 Å². The highest BCUT2D eigenvalue weighted by molar-refractivity contribution is 7.86. The van der Waals surface area contributed by atoms with E-state index in [9.17, 15) is 36.2 Å². The zero-order chi connectivity index (χ0) is 22.3. The van der Waals surface area contributed by atoms with Gasteiger partial charge in [0.2, 0.25) is 0 Å². The van der Waals surface area contributed by atoms with Crippen molar-refractivity contribution < 1.29 is 40.9 Å². The molecular weight excluding hydrogens is 440 g/mol. The van der Waals surface area contributed by atoms with Crippen molar-refractivity contribution in [3.05, 3.63) is 42.5 Å². The monoisotopic (exact) mass is 454 g/mol. The molecule has 0 heterocycles. The molecule has 3 rings (SSSR count). The van der Waals surface area contributed by atoms with Crippen LogP contribution in [0, 0.1) is 0 Å². The van der Waals surface area contributed by atoms with Gasteiger partial charge in [-0.1, -0.05) is 12.1 Å². The molecule has 0 amide bonds. The van der Waals surface area contributed by atoms with Gasteiger partial charge in [-0.3, -0.25) is 9.11 Å². The third-order valence-corrected chi connectivity index (χ3v) is 5.72. The number of methoxy groups -OCH3 is 1. The van der Waals surface area contributed by atoms with Gasteiger partial charge in [0.1, 0.15) is 27.8 Å². The molecule has 0 fully saturated rings. The zero-order valence-electron chi connectivity index (χ0n) is 15.1. The summed E-state index contributed by atoms with van der Waals surface area (Å²) in [6, 6.07) is 8.54. The number of rotatable bonds is 5. The molecule has 3 aromatic rings. The highest BCUT2D eigenvalue weighted by atomic mass is 32.2. The van der Waals surface area contributed by atoms with Crippen LogP contribution in [0.15, 0.2) is 62.5 Å². The lowest BCUT2D eigenvalue weighted by molar-refractivity contribution is 0.416. The summed E-state index contributed by atoms with van der Waals surface area (Å²) in [5, 5.41) is 27.5. The topological polar surface area (TPSA) is 183 Å². The molecule has 11 nitrogen and oxygen atoms in total. The predicted molar refractivity (Wildman–Crippen MR) is 104 cm³/mol. The number of azo groups is 1. The van der Waals surface area contributed by atoms with Crippen LogP contribution < -0.4 is 4.74 Å². The highest BCUT2D eigenvalue weighted by Crippen LogP contribution is 2.45. The standard InChI is InChI=1S/C17H14N2O9S2/c1-28-13-5-3-2-4-11(13)18-19-16-14(30(25,26)27)7-9-6-10(29(22,23)24)8-12(20)15(9)17(16)21/h2-8,20-21H,1H3,(H,22,23,24)(H,25,26,27). The first-order chi connectivity index (χ1) is 13.9.